The minimum absolute atomic E-state index is 0.0767. The van der Waals surface area contributed by atoms with Crippen LogP contribution in [-0.4, -0.2) is 12.4 Å². The van der Waals surface area contributed by atoms with Gasteiger partial charge >= 0.3 is 0 Å². The van der Waals surface area contributed by atoms with Gasteiger partial charge in [-0.1, -0.05) is 19.9 Å². The molecule has 0 radical (unpaired) electrons. The summed E-state index contributed by atoms with van der Waals surface area (Å²) in [4.78, 5) is 0. The molecule has 1 aromatic rings. The summed E-state index contributed by atoms with van der Waals surface area (Å²) in [6.07, 6.45) is 0. The monoisotopic (exact) mass is 247 g/mol. The van der Waals surface area contributed by atoms with Gasteiger partial charge in [0.1, 0.15) is 11.6 Å². The average molecular weight is 248 g/mol. The van der Waals surface area contributed by atoms with Crippen molar-refractivity contribution in [2.24, 2.45) is 5.41 Å². The van der Waals surface area contributed by atoms with Gasteiger partial charge in [-0.3, -0.25) is 0 Å². The summed E-state index contributed by atoms with van der Waals surface area (Å²) in [7, 11) is 0. The molecule has 0 unspecified atom stereocenters. The molecule has 0 fully saturated rings. The average Bonchev–Trinajstić information content (AvgIpc) is 2.22. The molecule has 16 heavy (non-hydrogen) atoms. The molecule has 4 heteroatoms. The number of hydrogen-bond donors (Lipinski definition) is 1. The normalized spacial score (nSPS) is 11.8. The molecule has 0 bridgehead atoms. The zero-order chi connectivity index (χ0) is 12.2. The Morgan fingerprint density at radius 1 is 1.25 bits per heavy atom. The molecule has 0 aliphatic carbocycles. The second-order valence-electron chi connectivity index (χ2n) is 4.60. The van der Waals surface area contributed by atoms with Crippen LogP contribution in [0.5, 0.6) is 0 Å². The second-order valence-corrected chi connectivity index (χ2v) is 4.87. The van der Waals surface area contributed by atoms with Crippen LogP contribution in [0.2, 0.25) is 0 Å². The van der Waals surface area contributed by atoms with E-state index in [2.05, 4.69) is 5.32 Å². The van der Waals surface area contributed by atoms with Crippen LogP contribution in [0.4, 0.5) is 8.78 Å². The fraction of sp³-hybridized carbons (Fsp3) is 0.500. The summed E-state index contributed by atoms with van der Waals surface area (Å²) in [5.41, 5.74) is -0.00334. The highest BCUT2D eigenvalue weighted by Gasteiger charge is 2.16. The molecule has 0 aliphatic heterocycles. The molecule has 90 valence electrons. The topological polar surface area (TPSA) is 12.0 Å². The van der Waals surface area contributed by atoms with E-state index in [1.165, 1.54) is 18.2 Å². The minimum Gasteiger partial charge on any atom is -0.312 e. The van der Waals surface area contributed by atoms with Gasteiger partial charge in [0, 0.05) is 24.5 Å². The van der Waals surface area contributed by atoms with Gasteiger partial charge in [-0.05, 0) is 17.5 Å². The third-order valence-corrected chi connectivity index (χ3v) is 3.05. The first-order valence-electron chi connectivity index (χ1n) is 5.16. The molecule has 0 aliphatic rings. The molecule has 0 amide bonds. The summed E-state index contributed by atoms with van der Waals surface area (Å²) >= 11 is 5.75. The molecule has 0 heterocycles. The molecule has 1 N–H and O–H groups in total. The first-order chi connectivity index (χ1) is 7.46. The molecule has 0 spiro atoms. The van der Waals surface area contributed by atoms with Gasteiger partial charge in [0.2, 0.25) is 0 Å². The van der Waals surface area contributed by atoms with Crippen LogP contribution in [0.15, 0.2) is 18.2 Å². The van der Waals surface area contributed by atoms with E-state index in [-0.39, 0.29) is 17.5 Å². The molecule has 0 atom stereocenters. The summed E-state index contributed by atoms with van der Waals surface area (Å²) in [5.74, 6) is -0.535. The Morgan fingerprint density at radius 3 is 2.31 bits per heavy atom. The van der Waals surface area contributed by atoms with Gasteiger partial charge < -0.3 is 5.32 Å². The second kappa shape index (κ2) is 5.60. The lowest BCUT2D eigenvalue weighted by Gasteiger charge is -2.21. The SMILES string of the molecule is CC(C)(CCl)CNCc1c(F)cccc1F. The standard InChI is InChI=1S/C12H16ClF2N/c1-12(2,7-13)8-16-6-9-10(14)4-3-5-11(9)15/h3-5,16H,6-8H2,1-2H3. The Hall–Kier alpha value is -0.670. The van der Waals surface area contributed by atoms with Crippen LogP contribution in [-0.2, 0) is 6.54 Å². The highest BCUT2D eigenvalue weighted by Crippen LogP contribution is 2.16. The summed E-state index contributed by atoms with van der Waals surface area (Å²) in [6.45, 7) is 4.78. The maximum absolute atomic E-state index is 13.2. The fourth-order valence-corrected chi connectivity index (χ4v) is 1.37. The summed E-state index contributed by atoms with van der Waals surface area (Å²) < 4.78 is 26.5. The van der Waals surface area contributed by atoms with Crippen LogP contribution in [0.25, 0.3) is 0 Å². The van der Waals surface area contributed by atoms with Gasteiger partial charge in [0.15, 0.2) is 0 Å². The van der Waals surface area contributed by atoms with E-state index in [1.807, 2.05) is 13.8 Å². The third-order valence-electron chi connectivity index (χ3n) is 2.33. The zero-order valence-electron chi connectivity index (χ0n) is 9.49. The first kappa shape index (κ1) is 13.4. The number of rotatable bonds is 5. The maximum Gasteiger partial charge on any atom is 0.130 e. The fourth-order valence-electron chi connectivity index (χ4n) is 1.27. The number of halogens is 3. The van der Waals surface area contributed by atoms with E-state index in [0.29, 0.717) is 12.4 Å². The molecule has 0 aromatic heterocycles. The van der Waals surface area contributed by atoms with Gasteiger partial charge in [0.05, 0.1) is 0 Å². The van der Waals surface area contributed by atoms with Crippen molar-refractivity contribution in [2.45, 2.75) is 20.4 Å². The van der Waals surface area contributed by atoms with E-state index >= 15 is 0 Å². The van der Waals surface area contributed by atoms with Gasteiger partial charge in [-0.2, -0.15) is 0 Å². The Morgan fingerprint density at radius 2 is 1.81 bits per heavy atom. The van der Waals surface area contributed by atoms with Gasteiger partial charge in [-0.25, -0.2) is 8.78 Å². The molecule has 1 nitrogen and oxygen atoms in total. The first-order valence-corrected chi connectivity index (χ1v) is 5.69. The number of benzene rings is 1. The largest absolute Gasteiger partial charge is 0.312 e. The highest BCUT2D eigenvalue weighted by atomic mass is 35.5. The van der Waals surface area contributed by atoms with Gasteiger partial charge in [-0.15, -0.1) is 11.6 Å². The van der Waals surface area contributed by atoms with E-state index in [4.69, 9.17) is 11.6 Å². The van der Waals surface area contributed by atoms with Crippen LogP contribution in [0, 0.1) is 17.0 Å². The highest BCUT2D eigenvalue weighted by molar-refractivity contribution is 6.18. The predicted octanol–water partition coefficient (Wildman–Crippen LogP) is 3.32. The molecular formula is C12H16ClF2N. The smallest absolute Gasteiger partial charge is 0.130 e. The molecule has 0 saturated carbocycles. The van der Waals surface area contributed by atoms with Crippen molar-refractivity contribution in [2.75, 3.05) is 12.4 Å². The van der Waals surface area contributed by atoms with Crippen molar-refractivity contribution in [3.05, 3.63) is 35.4 Å². The van der Waals surface area contributed by atoms with Crippen LogP contribution in [0.1, 0.15) is 19.4 Å². The molecule has 0 saturated heterocycles. The Balaban J connectivity index is 2.56. The van der Waals surface area contributed by atoms with Crippen molar-refractivity contribution < 1.29 is 8.78 Å². The summed E-state index contributed by atoms with van der Waals surface area (Å²) in [5, 5.41) is 3.01. The Labute approximate surface area is 99.8 Å². The lowest BCUT2D eigenvalue weighted by atomic mass is 9.96. The van der Waals surface area contributed by atoms with Crippen LogP contribution >= 0.6 is 11.6 Å². The molecular weight excluding hydrogens is 232 g/mol. The molecule has 1 aromatic carbocycles. The Bertz CT molecular complexity index is 333. The minimum atomic E-state index is -0.517. The van der Waals surface area contributed by atoms with Gasteiger partial charge in [0.25, 0.3) is 0 Å². The van der Waals surface area contributed by atoms with Crippen molar-refractivity contribution in [3.8, 4) is 0 Å². The van der Waals surface area contributed by atoms with Crippen molar-refractivity contribution in [1.29, 1.82) is 0 Å². The van der Waals surface area contributed by atoms with Crippen LogP contribution in [0.3, 0.4) is 0 Å². The lowest BCUT2D eigenvalue weighted by molar-refractivity contribution is 0.380. The Kier molecular flexibility index (Phi) is 4.69. The van der Waals surface area contributed by atoms with Crippen molar-refractivity contribution in [1.82, 2.24) is 5.32 Å². The number of nitrogens with one attached hydrogen (secondary N) is 1. The van der Waals surface area contributed by atoms with E-state index in [1.54, 1.807) is 0 Å². The zero-order valence-corrected chi connectivity index (χ0v) is 10.2. The van der Waals surface area contributed by atoms with Crippen molar-refractivity contribution in [3.63, 3.8) is 0 Å². The van der Waals surface area contributed by atoms with Crippen LogP contribution < -0.4 is 5.32 Å². The quantitative estimate of drug-likeness (QED) is 0.787. The van der Waals surface area contributed by atoms with E-state index in [0.717, 1.165) is 0 Å². The van der Waals surface area contributed by atoms with E-state index in [9.17, 15) is 8.78 Å². The number of alkyl halides is 1. The predicted molar refractivity (Wildman–Crippen MR) is 62.6 cm³/mol. The third kappa shape index (κ3) is 3.72. The lowest BCUT2D eigenvalue weighted by Crippen LogP contribution is -2.30. The summed E-state index contributed by atoms with van der Waals surface area (Å²) in [6, 6.07) is 3.87. The van der Waals surface area contributed by atoms with Crippen molar-refractivity contribution >= 4 is 11.6 Å². The maximum atomic E-state index is 13.2. The molecule has 1 rings (SSSR count). The van der Waals surface area contributed by atoms with E-state index < -0.39 is 11.6 Å². The number of hydrogen-bond acceptors (Lipinski definition) is 1.